The van der Waals surface area contributed by atoms with E-state index in [4.69, 9.17) is 5.73 Å². The minimum absolute atomic E-state index is 0.203. The van der Waals surface area contributed by atoms with E-state index in [1.165, 1.54) is 0 Å². The SMILES string of the molecule is CCN(CC)C1CCN(C(=O)C2(N)CCCC2)C1. The van der Waals surface area contributed by atoms with Crippen molar-refractivity contribution < 1.29 is 4.79 Å². The van der Waals surface area contributed by atoms with Crippen molar-refractivity contribution in [3.63, 3.8) is 0 Å². The van der Waals surface area contributed by atoms with Crippen LogP contribution in [0.1, 0.15) is 46.0 Å². The zero-order valence-electron chi connectivity index (χ0n) is 11.8. The van der Waals surface area contributed by atoms with Crippen molar-refractivity contribution in [3.05, 3.63) is 0 Å². The first-order valence-electron chi connectivity index (χ1n) is 7.43. The van der Waals surface area contributed by atoms with Gasteiger partial charge < -0.3 is 10.6 Å². The van der Waals surface area contributed by atoms with Crippen LogP contribution < -0.4 is 5.73 Å². The highest BCUT2D eigenvalue weighted by atomic mass is 16.2. The lowest BCUT2D eigenvalue weighted by Gasteiger charge is -2.30. The third-order valence-electron chi connectivity index (χ3n) is 4.70. The lowest BCUT2D eigenvalue weighted by molar-refractivity contribution is -0.135. The van der Waals surface area contributed by atoms with Gasteiger partial charge in [0.05, 0.1) is 5.54 Å². The third kappa shape index (κ3) is 2.54. The molecule has 0 aromatic heterocycles. The number of nitrogens with zero attached hydrogens (tertiary/aromatic N) is 2. The summed E-state index contributed by atoms with van der Waals surface area (Å²) in [5.41, 5.74) is 5.72. The Morgan fingerprint density at radius 3 is 2.50 bits per heavy atom. The molecule has 2 N–H and O–H groups in total. The van der Waals surface area contributed by atoms with Gasteiger partial charge in [0.15, 0.2) is 0 Å². The summed E-state index contributed by atoms with van der Waals surface area (Å²) >= 11 is 0. The highest BCUT2D eigenvalue weighted by Crippen LogP contribution is 2.30. The van der Waals surface area contributed by atoms with Gasteiger partial charge in [-0.2, -0.15) is 0 Å². The molecular formula is C14H27N3O. The molecule has 1 amide bonds. The van der Waals surface area contributed by atoms with Crippen molar-refractivity contribution in [3.8, 4) is 0 Å². The van der Waals surface area contributed by atoms with Gasteiger partial charge in [-0.25, -0.2) is 0 Å². The van der Waals surface area contributed by atoms with Gasteiger partial charge >= 0.3 is 0 Å². The largest absolute Gasteiger partial charge is 0.339 e. The molecule has 1 atom stereocenters. The van der Waals surface area contributed by atoms with Crippen molar-refractivity contribution in [1.29, 1.82) is 0 Å². The van der Waals surface area contributed by atoms with E-state index in [-0.39, 0.29) is 5.91 Å². The maximum atomic E-state index is 12.5. The minimum Gasteiger partial charge on any atom is -0.339 e. The average molecular weight is 253 g/mol. The summed E-state index contributed by atoms with van der Waals surface area (Å²) in [6.45, 7) is 8.27. The second-order valence-corrected chi connectivity index (χ2v) is 5.78. The number of likely N-dealkylation sites (N-methyl/N-ethyl adjacent to an activating group) is 1. The zero-order chi connectivity index (χ0) is 13.2. The lowest BCUT2D eigenvalue weighted by Crippen LogP contribution is -2.53. The number of rotatable bonds is 4. The van der Waals surface area contributed by atoms with E-state index < -0.39 is 5.54 Å². The summed E-state index contributed by atoms with van der Waals surface area (Å²) in [5, 5.41) is 0. The van der Waals surface area contributed by atoms with Crippen LogP contribution in [-0.4, -0.2) is 53.5 Å². The van der Waals surface area contributed by atoms with E-state index in [0.717, 1.165) is 58.3 Å². The van der Waals surface area contributed by atoms with Crippen LogP contribution in [0, 0.1) is 0 Å². The highest BCUT2D eigenvalue weighted by Gasteiger charge is 2.42. The summed E-state index contributed by atoms with van der Waals surface area (Å²) in [5.74, 6) is 0.203. The van der Waals surface area contributed by atoms with Gasteiger partial charge in [0.2, 0.25) is 5.91 Å². The van der Waals surface area contributed by atoms with Gasteiger partial charge in [-0.3, -0.25) is 9.69 Å². The molecule has 0 spiro atoms. The molecule has 1 aliphatic carbocycles. The van der Waals surface area contributed by atoms with Crippen molar-refractivity contribution in [1.82, 2.24) is 9.80 Å². The van der Waals surface area contributed by atoms with Crippen molar-refractivity contribution in [2.24, 2.45) is 5.73 Å². The van der Waals surface area contributed by atoms with E-state index in [2.05, 4.69) is 18.7 Å². The molecule has 2 fully saturated rings. The molecule has 104 valence electrons. The molecule has 4 heteroatoms. The number of hydrogen-bond donors (Lipinski definition) is 1. The molecule has 18 heavy (non-hydrogen) atoms. The van der Waals surface area contributed by atoms with Crippen LogP contribution in [0.4, 0.5) is 0 Å². The van der Waals surface area contributed by atoms with Crippen molar-refractivity contribution in [2.75, 3.05) is 26.2 Å². The topological polar surface area (TPSA) is 49.6 Å². The highest BCUT2D eigenvalue weighted by molar-refractivity contribution is 5.86. The molecule has 2 rings (SSSR count). The summed E-state index contributed by atoms with van der Waals surface area (Å²) in [4.78, 5) is 17.0. The maximum absolute atomic E-state index is 12.5. The quantitative estimate of drug-likeness (QED) is 0.819. The Kier molecular flexibility index (Phi) is 4.28. The summed E-state index contributed by atoms with van der Waals surface area (Å²) in [6.07, 6.45) is 5.06. The molecule has 1 unspecified atom stereocenters. The molecule has 1 saturated carbocycles. The van der Waals surface area contributed by atoms with E-state index in [9.17, 15) is 4.79 Å². The second kappa shape index (κ2) is 5.57. The van der Waals surface area contributed by atoms with E-state index in [1.54, 1.807) is 0 Å². The number of carbonyl (C=O) groups is 1. The van der Waals surface area contributed by atoms with E-state index >= 15 is 0 Å². The van der Waals surface area contributed by atoms with E-state index in [0.29, 0.717) is 6.04 Å². The molecule has 1 saturated heterocycles. The average Bonchev–Trinajstić information content (AvgIpc) is 3.00. The zero-order valence-corrected chi connectivity index (χ0v) is 11.8. The first-order valence-corrected chi connectivity index (χ1v) is 7.43. The predicted octanol–water partition coefficient (Wildman–Crippen LogP) is 1.20. The summed E-state index contributed by atoms with van der Waals surface area (Å²) in [6, 6.07) is 0.536. The van der Waals surface area contributed by atoms with Gasteiger partial charge in [0, 0.05) is 19.1 Å². The number of carbonyl (C=O) groups excluding carboxylic acids is 1. The van der Waals surface area contributed by atoms with Crippen LogP contribution in [0.2, 0.25) is 0 Å². The molecule has 2 aliphatic rings. The van der Waals surface area contributed by atoms with Crippen LogP contribution in [0.25, 0.3) is 0 Å². The van der Waals surface area contributed by atoms with Crippen LogP contribution in [0.5, 0.6) is 0 Å². The summed E-state index contributed by atoms with van der Waals surface area (Å²) < 4.78 is 0. The fourth-order valence-electron chi connectivity index (χ4n) is 3.50. The smallest absolute Gasteiger partial charge is 0.242 e. The molecule has 1 heterocycles. The summed E-state index contributed by atoms with van der Waals surface area (Å²) in [7, 11) is 0. The third-order valence-corrected chi connectivity index (χ3v) is 4.70. The van der Waals surface area contributed by atoms with E-state index in [1.807, 2.05) is 4.90 Å². The lowest BCUT2D eigenvalue weighted by atomic mass is 9.97. The van der Waals surface area contributed by atoms with Gasteiger partial charge in [-0.05, 0) is 32.4 Å². The van der Waals surface area contributed by atoms with Crippen LogP contribution in [0.3, 0.4) is 0 Å². The Balaban J connectivity index is 1.94. The van der Waals surface area contributed by atoms with Gasteiger partial charge in [0.1, 0.15) is 0 Å². The van der Waals surface area contributed by atoms with Crippen molar-refractivity contribution >= 4 is 5.91 Å². The maximum Gasteiger partial charge on any atom is 0.242 e. The Bertz CT molecular complexity index is 295. The van der Waals surface area contributed by atoms with Gasteiger partial charge in [0.25, 0.3) is 0 Å². The number of likely N-dealkylation sites (tertiary alicyclic amines) is 1. The van der Waals surface area contributed by atoms with Crippen molar-refractivity contribution in [2.45, 2.75) is 57.5 Å². The standard InChI is InChI=1S/C14H27N3O/c1-3-16(4-2)12-7-10-17(11-12)13(18)14(15)8-5-6-9-14/h12H,3-11,15H2,1-2H3. The Morgan fingerprint density at radius 1 is 1.33 bits per heavy atom. The van der Waals surface area contributed by atoms with Crippen LogP contribution in [-0.2, 0) is 4.79 Å². The fourth-order valence-corrected chi connectivity index (χ4v) is 3.50. The first-order chi connectivity index (χ1) is 8.60. The molecule has 0 bridgehead atoms. The van der Waals surface area contributed by atoms with Gasteiger partial charge in [-0.15, -0.1) is 0 Å². The normalized spacial score (nSPS) is 27.1. The minimum atomic E-state index is -0.544. The Hall–Kier alpha value is -0.610. The van der Waals surface area contributed by atoms with Crippen LogP contribution >= 0.6 is 0 Å². The molecule has 0 aromatic carbocycles. The molecule has 4 nitrogen and oxygen atoms in total. The van der Waals surface area contributed by atoms with Crippen LogP contribution in [0.15, 0.2) is 0 Å². The number of nitrogens with two attached hydrogens (primary N) is 1. The Morgan fingerprint density at radius 2 is 1.94 bits per heavy atom. The second-order valence-electron chi connectivity index (χ2n) is 5.78. The molecular weight excluding hydrogens is 226 g/mol. The molecule has 0 aromatic rings. The monoisotopic (exact) mass is 253 g/mol. The molecule has 1 aliphatic heterocycles. The first kappa shape index (κ1) is 13.8. The van der Waals surface area contributed by atoms with Gasteiger partial charge in [-0.1, -0.05) is 26.7 Å². The number of amides is 1. The predicted molar refractivity (Wildman–Crippen MR) is 73.3 cm³/mol. The fraction of sp³-hybridized carbons (Fsp3) is 0.929. The Labute approximate surface area is 110 Å². The molecule has 0 radical (unpaired) electrons. The number of hydrogen-bond acceptors (Lipinski definition) is 3.